The maximum absolute atomic E-state index is 6.07. The maximum Gasteiger partial charge on any atom is 0.159 e. The number of amidine groups is 1. The van der Waals surface area contributed by atoms with Crippen molar-refractivity contribution in [3.63, 3.8) is 0 Å². The van der Waals surface area contributed by atoms with Crippen molar-refractivity contribution in [2.24, 2.45) is 10.7 Å². The maximum atomic E-state index is 6.07. The summed E-state index contributed by atoms with van der Waals surface area (Å²) >= 11 is 1.60. The lowest BCUT2D eigenvalue weighted by Gasteiger charge is -2.18. The van der Waals surface area contributed by atoms with E-state index in [0.717, 1.165) is 11.4 Å². The molecule has 0 aliphatic carbocycles. The summed E-state index contributed by atoms with van der Waals surface area (Å²) in [6.07, 6.45) is 0. The average molecular weight is 349 g/mol. The van der Waals surface area contributed by atoms with Crippen LogP contribution in [0, 0.1) is 34.6 Å². The molecule has 2 N–H and O–H groups in total. The zero-order valence-corrected chi connectivity index (χ0v) is 16.1. The number of halogens is 1. The first-order chi connectivity index (χ1) is 10.4. The first-order valence-corrected chi connectivity index (χ1v) is 8.48. The molecule has 4 heteroatoms. The molecule has 2 nitrogen and oxygen atoms in total. The van der Waals surface area contributed by atoms with Crippen LogP contribution < -0.4 is 5.73 Å². The molecule has 0 aliphatic rings. The molecule has 0 aliphatic heterocycles. The van der Waals surface area contributed by atoms with Crippen molar-refractivity contribution >= 4 is 35.0 Å². The summed E-state index contributed by atoms with van der Waals surface area (Å²) in [6.45, 7) is 11.0. The second kappa shape index (κ2) is 8.42. The molecule has 2 aromatic rings. The predicted molar refractivity (Wildman–Crippen MR) is 106 cm³/mol. The Kier molecular flexibility index (Phi) is 7.17. The van der Waals surface area contributed by atoms with E-state index >= 15 is 0 Å². The standard InChI is InChI=1S/C19H24N2S.ClH/c1-12-13(2)15(4)18(16(5)14(12)3)11-22-19(20)21-17-9-7-6-8-10-17;/h6-10H,11H2,1-5H3,(H2,20,21);1H. The Hall–Kier alpha value is -1.45. The van der Waals surface area contributed by atoms with Crippen molar-refractivity contribution in [2.75, 3.05) is 0 Å². The summed E-state index contributed by atoms with van der Waals surface area (Å²) in [5.74, 6) is 0.863. The van der Waals surface area contributed by atoms with Crippen molar-refractivity contribution < 1.29 is 0 Å². The van der Waals surface area contributed by atoms with Crippen LogP contribution in [0.5, 0.6) is 0 Å². The Labute approximate surface area is 150 Å². The number of aliphatic imine (C=N–C) groups is 1. The molecule has 0 amide bonds. The Bertz CT molecular complexity index is 680. The van der Waals surface area contributed by atoms with Crippen LogP contribution in [0.2, 0.25) is 0 Å². The zero-order chi connectivity index (χ0) is 16.3. The lowest BCUT2D eigenvalue weighted by molar-refractivity contribution is 1.12. The second-order valence-corrected chi connectivity index (χ2v) is 6.67. The van der Waals surface area contributed by atoms with Crippen LogP contribution in [0.1, 0.15) is 33.4 Å². The molecule has 0 atom stereocenters. The van der Waals surface area contributed by atoms with Gasteiger partial charge in [0.15, 0.2) is 5.17 Å². The van der Waals surface area contributed by atoms with Gasteiger partial charge in [-0.15, -0.1) is 12.4 Å². The fourth-order valence-corrected chi connectivity index (χ4v) is 3.50. The summed E-state index contributed by atoms with van der Waals surface area (Å²) < 4.78 is 0. The summed E-state index contributed by atoms with van der Waals surface area (Å²) in [7, 11) is 0. The minimum Gasteiger partial charge on any atom is -0.378 e. The van der Waals surface area contributed by atoms with Gasteiger partial charge in [0.1, 0.15) is 0 Å². The van der Waals surface area contributed by atoms with Gasteiger partial charge in [0.25, 0.3) is 0 Å². The highest BCUT2D eigenvalue weighted by molar-refractivity contribution is 8.13. The third kappa shape index (κ3) is 4.52. The molecule has 0 fully saturated rings. The van der Waals surface area contributed by atoms with E-state index in [1.807, 2.05) is 30.3 Å². The molecule has 0 heterocycles. The topological polar surface area (TPSA) is 38.4 Å². The van der Waals surface area contributed by atoms with E-state index in [9.17, 15) is 0 Å². The number of para-hydroxylation sites is 1. The summed E-state index contributed by atoms with van der Waals surface area (Å²) in [5.41, 5.74) is 15.3. The highest BCUT2D eigenvalue weighted by atomic mass is 35.5. The van der Waals surface area contributed by atoms with Crippen LogP contribution in [-0.2, 0) is 5.75 Å². The fourth-order valence-electron chi connectivity index (χ4n) is 2.60. The number of thioether (sulfide) groups is 1. The van der Waals surface area contributed by atoms with Crippen molar-refractivity contribution in [2.45, 2.75) is 40.4 Å². The largest absolute Gasteiger partial charge is 0.378 e. The Morgan fingerprint density at radius 1 is 0.870 bits per heavy atom. The SMILES string of the molecule is Cc1c(C)c(C)c(CSC(N)=Nc2ccccc2)c(C)c1C.Cl. The zero-order valence-electron chi connectivity index (χ0n) is 14.4. The van der Waals surface area contributed by atoms with Crippen molar-refractivity contribution in [1.82, 2.24) is 0 Å². The third-order valence-corrected chi connectivity index (χ3v) is 5.34. The summed E-state index contributed by atoms with van der Waals surface area (Å²) in [5, 5.41) is 0.612. The van der Waals surface area contributed by atoms with Gasteiger partial charge in [0.05, 0.1) is 5.69 Å². The molecule has 23 heavy (non-hydrogen) atoms. The van der Waals surface area contributed by atoms with Gasteiger partial charge in [-0.1, -0.05) is 30.0 Å². The first kappa shape index (κ1) is 19.6. The van der Waals surface area contributed by atoms with Gasteiger partial charge in [-0.3, -0.25) is 0 Å². The molecule has 0 unspecified atom stereocenters. The smallest absolute Gasteiger partial charge is 0.159 e. The highest BCUT2D eigenvalue weighted by Gasteiger charge is 2.12. The lowest BCUT2D eigenvalue weighted by Crippen LogP contribution is -2.08. The van der Waals surface area contributed by atoms with E-state index in [2.05, 4.69) is 39.6 Å². The van der Waals surface area contributed by atoms with Gasteiger partial charge < -0.3 is 5.73 Å². The molecule has 0 bridgehead atoms. The van der Waals surface area contributed by atoms with Crippen LogP contribution in [0.15, 0.2) is 35.3 Å². The predicted octanol–water partition coefficient (Wildman–Crippen LogP) is 5.53. The molecule has 0 spiro atoms. The molecule has 0 aromatic heterocycles. The molecule has 2 aromatic carbocycles. The molecule has 0 saturated carbocycles. The molecule has 124 valence electrons. The third-order valence-electron chi connectivity index (χ3n) is 4.52. The quantitative estimate of drug-likeness (QED) is 0.585. The summed E-state index contributed by atoms with van der Waals surface area (Å²) in [4.78, 5) is 4.45. The summed E-state index contributed by atoms with van der Waals surface area (Å²) in [6, 6.07) is 9.84. The monoisotopic (exact) mass is 348 g/mol. The number of nitrogens with zero attached hydrogens (tertiary/aromatic N) is 1. The molecule has 2 rings (SSSR count). The number of hydrogen-bond donors (Lipinski definition) is 1. The van der Waals surface area contributed by atoms with Gasteiger partial charge >= 0.3 is 0 Å². The van der Waals surface area contributed by atoms with E-state index in [-0.39, 0.29) is 12.4 Å². The van der Waals surface area contributed by atoms with E-state index in [1.165, 1.54) is 33.4 Å². The molecule has 0 saturated heterocycles. The van der Waals surface area contributed by atoms with Crippen molar-refractivity contribution in [3.05, 3.63) is 63.7 Å². The van der Waals surface area contributed by atoms with E-state index in [0.29, 0.717) is 5.17 Å². The fraction of sp³-hybridized carbons (Fsp3) is 0.316. The lowest BCUT2D eigenvalue weighted by atomic mass is 9.90. The van der Waals surface area contributed by atoms with Crippen LogP contribution >= 0.6 is 24.2 Å². The highest BCUT2D eigenvalue weighted by Crippen LogP contribution is 2.29. The second-order valence-electron chi connectivity index (χ2n) is 5.68. The Morgan fingerprint density at radius 2 is 1.35 bits per heavy atom. The van der Waals surface area contributed by atoms with Crippen molar-refractivity contribution in [1.29, 1.82) is 0 Å². The normalized spacial score (nSPS) is 11.3. The van der Waals surface area contributed by atoms with Crippen LogP contribution in [0.3, 0.4) is 0 Å². The van der Waals surface area contributed by atoms with Crippen molar-refractivity contribution in [3.8, 4) is 0 Å². The molecular formula is C19H25ClN2S. The minimum absolute atomic E-state index is 0. The minimum atomic E-state index is 0. The first-order valence-electron chi connectivity index (χ1n) is 7.49. The number of nitrogens with two attached hydrogens (primary N) is 1. The van der Waals surface area contributed by atoms with Gasteiger partial charge in [-0.25, -0.2) is 4.99 Å². The molecular weight excluding hydrogens is 324 g/mol. The van der Waals surface area contributed by atoms with Crippen LogP contribution in [0.25, 0.3) is 0 Å². The van der Waals surface area contributed by atoms with E-state index in [1.54, 1.807) is 11.8 Å². The molecule has 0 radical (unpaired) electrons. The van der Waals surface area contributed by atoms with Crippen LogP contribution in [0.4, 0.5) is 5.69 Å². The number of benzene rings is 2. The van der Waals surface area contributed by atoms with Gasteiger partial charge in [0, 0.05) is 5.75 Å². The van der Waals surface area contributed by atoms with E-state index < -0.39 is 0 Å². The van der Waals surface area contributed by atoms with E-state index in [4.69, 9.17) is 5.73 Å². The Morgan fingerprint density at radius 3 is 1.87 bits per heavy atom. The van der Waals surface area contributed by atoms with Gasteiger partial charge in [-0.05, 0) is 80.1 Å². The van der Waals surface area contributed by atoms with Gasteiger partial charge in [0.2, 0.25) is 0 Å². The number of hydrogen-bond acceptors (Lipinski definition) is 2. The van der Waals surface area contributed by atoms with Crippen LogP contribution in [-0.4, -0.2) is 5.17 Å². The number of rotatable bonds is 3. The van der Waals surface area contributed by atoms with Gasteiger partial charge in [-0.2, -0.15) is 0 Å². The average Bonchev–Trinajstić information content (AvgIpc) is 2.52. The Balaban J connectivity index is 0.00000264.